The third-order valence-electron chi connectivity index (χ3n) is 1.84. The number of nitrogens with one attached hydrogen (secondary N) is 1. The Morgan fingerprint density at radius 3 is 2.81 bits per heavy atom. The smallest absolute Gasteiger partial charge is 0.282 e. The number of allylic oxidation sites excluding steroid dienone is 2. The number of hydrogen-bond donors (Lipinski definition) is 1. The van der Waals surface area contributed by atoms with Crippen molar-refractivity contribution in [2.24, 2.45) is 0 Å². The van der Waals surface area contributed by atoms with Crippen molar-refractivity contribution in [2.75, 3.05) is 0 Å². The largest absolute Gasteiger partial charge is 0.290 e. The van der Waals surface area contributed by atoms with E-state index in [2.05, 4.69) is 10.3 Å². The Balaban J connectivity index is 2.07. The second-order valence-electron chi connectivity index (χ2n) is 2.99. The molecule has 4 nitrogen and oxygen atoms in total. The molecule has 5 heteroatoms. The van der Waals surface area contributed by atoms with Gasteiger partial charge < -0.3 is 0 Å². The summed E-state index contributed by atoms with van der Waals surface area (Å²) in [6, 6.07) is 5.55. The molecule has 2 rings (SSSR count). The molecule has 2 amide bonds. The summed E-state index contributed by atoms with van der Waals surface area (Å²) in [7, 11) is 0. The zero-order valence-electron chi connectivity index (χ0n) is 8.21. The van der Waals surface area contributed by atoms with Crippen LogP contribution < -0.4 is 5.32 Å². The van der Waals surface area contributed by atoms with E-state index in [1.165, 1.54) is 0 Å². The molecule has 1 saturated heterocycles. The molecule has 0 bridgehead atoms. The normalized spacial score (nSPS) is 18.4. The number of carbonyl (C=O) groups excluding carboxylic acids is 2. The minimum absolute atomic E-state index is 0.331. The lowest BCUT2D eigenvalue weighted by molar-refractivity contribution is -0.115. The van der Waals surface area contributed by atoms with Crippen molar-refractivity contribution < 1.29 is 9.59 Å². The number of aromatic nitrogens is 1. The van der Waals surface area contributed by atoms with Gasteiger partial charge in [-0.05, 0) is 36.0 Å². The van der Waals surface area contributed by atoms with E-state index in [0.29, 0.717) is 4.91 Å². The summed E-state index contributed by atoms with van der Waals surface area (Å²) in [5, 5.41) is 1.85. The lowest BCUT2D eigenvalue weighted by Crippen LogP contribution is -2.17. The molecule has 1 aromatic heterocycles. The number of imide groups is 1. The van der Waals surface area contributed by atoms with Gasteiger partial charge in [0.1, 0.15) is 0 Å². The molecule has 1 N–H and O–H groups in total. The summed E-state index contributed by atoms with van der Waals surface area (Å²) < 4.78 is 0. The van der Waals surface area contributed by atoms with Gasteiger partial charge in [-0.2, -0.15) is 0 Å². The van der Waals surface area contributed by atoms with Crippen LogP contribution in [0.3, 0.4) is 0 Å². The van der Waals surface area contributed by atoms with Crippen LogP contribution in [0.2, 0.25) is 0 Å². The summed E-state index contributed by atoms with van der Waals surface area (Å²) in [5.74, 6) is -0.347. The predicted molar refractivity (Wildman–Crippen MR) is 62.5 cm³/mol. The molecule has 1 aromatic rings. The number of pyridine rings is 1. The van der Waals surface area contributed by atoms with Crippen molar-refractivity contribution in [3.8, 4) is 0 Å². The minimum atomic E-state index is -0.347. The van der Waals surface area contributed by atoms with Crippen LogP contribution in [0.25, 0.3) is 6.08 Å². The van der Waals surface area contributed by atoms with Crippen LogP contribution in [0.1, 0.15) is 5.69 Å². The highest BCUT2D eigenvalue weighted by Crippen LogP contribution is 2.22. The predicted octanol–water partition coefficient (Wildman–Crippen LogP) is 1.96. The molecule has 1 aliphatic heterocycles. The van der Waals surface area contributed by atoms with E-state index in [-0.39, 0.29) is 11.1 Å². The molecule has 16 heavy (non-hydrogen) atoms. The molecule has 1 aliphatic rings. The highest BCUT2D eigenvalue weighted by atomic mass is 32.2. The minimum Gasteiger partial charge on any atom is -0.282 e. The van der Waals surface area contributed by atoms with E-state index >= 15 is 0 Å². The van der Waals surface area contributed by atoms with Gasteiger partial charge in [-0.15, -0.1) is 0 Å². The van der Waals surface area contributed by atoms with Gasteiger partial charge in [0.25, 0.3) is 11.1 Å². The Kier molecular flexibility index (Phi) is 3.16. The second-order valence-corrected chi connectivity index (χ2v) is 4.00. The lowest BCUT2D eigenvalue weighted by atomic mass is 10.3. The van der Waals surface area contributed by atoms with Gasteiger partial charge in [0.05, 0.1) is 10.6 Å². The molecular formula is C11H8N2O2S. The molecule has 0 radical (unpaired) electrons. The van der Waals surface area contributed by atoms with Crippen molar-refractivity contribution in [2.45, 2.75) is 0 Å². The summed E-state index contributed by atoms with van der Waals surface area (Å²) in [6.07, 6.45) is 6.75. The molecule has 80 valence electrons. The average molecular weight is 232 g/mol. The highest BCUT2D eigenvalue weighted by molar-refractivity contribution is 8.18. The fraction of sp³-hybridized carbons (Fsp3) is 0. The van der Waals surface area contributed by atoms with Crippen molar-refractivity contribution in [3.05, 3.63) is 47.1 Å². The highest BCUT2D eigenvalue weighted by Gasteiger charge is 2.24. The van der Waals surface area contributed by atoms with Crippen LogP contribution in [0.15, 0.2) is 41.5 Å². The zero-order valence-corrected chi connectivity index (χ0v) is 9.03. The number of hydrogen-bond acceptors (Lipinski definition) is 4. The average Bonchev–Trinajstić information content (AvgIpc) is 2.59. The third-order valence-corrected chi connectivity index (χ3v) is 2.67. The summed E-state index contributed by atoms with van der Waals surface area (Å²) in [6.45, 7) is 0. The fourth-order valence-corrected chi connectivity index (χ4v) is 1.78. The number of thioether (sulfide) groups is 1. The molecule has 0 aromatic carbocycles. The van der Waals surface area contributed by atoms with Crippen LogP contribution in [0.4, 0.5) is 4.79 Å². The molecular weight excluding hydrogens is 224 g/mol. The van der Waals surface area contributed by atoms with Gasteiger partial charge >= 0.3 is 0 Å². The zero-order chi connectivity index (χ0) is 11.4. The number of rotatable bonds is 2. The maximum absolute atomic E-state index is 11.2. The Hall–Kier alpha value is -1.88. The maximum atomic E-state index is 11.2. The van der Waals surface area contributed by atoms with Gasteiger partial charge in [-0.25, -0.2) is 0 Å². The first-order valence-electron chi connectivity index (χ1n) is 4.58. The Bertz CT molecular complexity index is 480. The molecule has 0 saturated carbocycles. The van der Waals surface area contributed by atoms with E-state index in [1.54, 1.807) is 24.4 Å². The Morgan fingerprint density at radius 1 is 1.31 bits per heavy atom. The van der Waals surface area contributed by atoms with Gasteiger partial charge in [-0.1, -0.05) is 12.1 Å². The monoisotopic (exact) mass is 232 g/mol. The lowest BCUT2D eigenvalue weighted by Gasteiger charge is -1.89. The maximum Gasteiger partial charge on any atom is 0.290 e. The molecule has 2 heterocycles. The first kappa shape index (κ1) is 10.6. The molecule has 0 spiro atoms. The van der Waals surface area contributed by atoms with Gasteiger partial charge in [0, 0.05) is 6.20 Å². The Morgan fingerprint density at radius 2 is 2.19 bits per heavy atom. The van der Waals surface area contributed by atoms with Crippen molar-refractivity contribution in [1.82, 2.24) is 10.3 Å². The second kappa shape index (κ2) is 4.76. The number of nitrogens with zero attached hydrogens (tertiary/aromatic N) is 1. The first-order chi connectivity index (χ1) is 7.75. The summed E-state index contributed by atoms with van der Waals surface area (Å²) in [5.41, 5.74) is 0.800. The van der Waals surface area contributed by atoms with E-state index in [0.717, 1.165) is 17.5 Å². The summed E-state index contributed by atoms with van der Waals surface area (Å²) >= 11 is 0.899. The number of carbonyl (C=O) groups is 2. The molecule has 1 fully saturated rings. The summed E-state index contributed by atoms with van der Waals surface area (Å²) in [4.78, 5) is 26.5. The van der Waals surface area contributed by atoms with Crippen molar-refractivity contribution in [3.63, 3.8) is 0 Å². The molecule has 0 unspecified atom stereocenters. The van der Waals surface area contributed by atoms with Crippen LogP contribution in [0, 0.1) is 0 Å². The fourth-order valence-electron chi connectivity index (χ4n) is 1.14. The van der Waals surface area contributed by atoms with Crippen LogP contribution in [0.5, 0.6) is 0 Å². The van der Waals surface area contributed by atoms with Gasteiger partial charge in [0.2, 0.25) is 0 Å². The van der Waals surface area contributed by atoms with E-state index < -0.39 is 0 Å². The quantitative estimate of drug-likeness (QED) is 0.792. The van der Waals surface area contributed by atoms with Crippen LogP contribution in [-0.2, 0) is 4.79 Å². The van der Waals surface area contributed by atoms with Crippen LogP contribution >= 0.6 is 11.8 Å². The standard InChI is InChI=1S/C11H8N2O2S/c14-10-9(16-11(15)13-10)6-3-5-8-4-1-2-7-12-8/h1-7H,(H,13,14,15). The van der Waals surface area contributed by atoms with Gasteiger partial charge in [-0.3, -0.25) is 19.9 Å². The first-order valence-corrected chi connectivity index (χ1v) is 5.40. The molecule has 0 atom stereocenters. The Labute approximate surface area is 96.5 Å². The van der Waals surface area contributed by atoms with Crippen molar-refractivity contribution >= 4 is 29.0 Å². The van der Waals surface area contributed by atoms with E-state index in [1.807, 2.05) is 18.2 Å². The van der Waals surface area contributed by atoms with Gasteiger partial charge in [0.15, 0.2) is 0 Å². The topological polar surface area (TPSA) is 59.1 Å². The third kappa shape index (κ3) is 2.58. The number of amides is 2. The van der Waals surface area contributed by atoms with E-state index in [9.17, 15) is 9.59 Å². The molecule has 0 aliphatic carbocycles. The van der Waals surface area contributed by atoms with Crippen molar-refractivity contribution in [1.29, 1.82) is 0 Å². The van der Waals surface area contributed by atoms with E-state index in [4.69, 9.17) is 0 Å². The van der Waals surface area contributed by atoms with Crippen LogP contribution in [-0.4, -0.2) is 16.1 Å². The SMILES string of the molecule is O=C1NC(=O)C(=CC=Cc2ccccn2)S1.